The van der Waals surface area contributed by atoms with Gasteiger partial charge < -0.3 is 14.9 Å². The van der Waals surface area contributed by atoms with Gasteiger partial charge in [0.15, 0.2) is 0 Å². The Kier molecular flexibility index (Phi) is 2.63. The third kappa shape index (κ3) is 2.43. The van der Waals surface area contributed by atoms with Crippen LogP contribution in [0.2, 0.25) is 0 Å². The summed E-state index contributed by atoms with van der Waals surface area (Å²) >= 11 is 0. The van der Waals surface area contributed by atoms with Crippen LogP contribution < -0.4 is 0 Å². The van der Waals surface area contributed by atoms with Gasteiger partial charge in [0, 0.05) is 0 Å². The van der Waals surface area contributed by atoms with Crippen LogP contribution in [0.4, 0.5) is 0 Å². The molecular weight excluding hydrogens is 131 g/mol. The summed E-state index contributed by atoms with van der Waals surface area (Å²) in [6, 6.07) is 0. The van der Waals surface area contributed by atoms with Gasteiger partial charge >= 0.3 is 7.60 Å². The normalized spacial score (nSPS) is 12.6. The molecule has 0 aromatic carbocycles. The van der Waals surface area contributed by atoms with Gasteiger partial charge in [0.1, 0.15) is 0 Å². The molecule has 0 aromatic heterocycles. The molecule has 0 amide bonds. The van der Waals surface area contributed by atoms with Crippen LogP contribution in [0.5, 0.6) is 0 Å². The fourth-order valence-corrected chi connectivity index (χ4v) is 0.618. The Morgan fingerprint density at radius 1 is 1.62 bits per heavy atom. The molecule has 0 spiro atoms. The Hall–Kier alpha value is 0.110. The summed E-state index contributed by atoms with van der Waals surface area (Å²) in [5, 5.41) is 8.35. The zero-order chi connectivity index (χ0) is 6.78. The van der Waals surface area contributed by atoms with Crippen molar-refractivity contribution in [1.29, 1.82) is 0 Å². The van der Waals surface area contributed by atoms with Crippen LogP contribution in [0, 0.1) is 5.85 Å². The van der Waals surface area contributed by atoms with E-state index in [1.165, 1.54) is 6.92 Å². The summed E-state index contributed by atoms with van der Waals surface area (Å²) in [5.41, 5.74) is 0. The third-order valence-corrected chi connectivity index (χ3v) is 1.64. The second kappa shape index (κ2) is 2.60. The smallest absolute Gasteiger partial charge is 0.360 e. The fraction of sp³-hybridized carbons (Fsp3) is 0.667. The molecule has 0 aliphatic carbocycles. The molecule has 1 radical (unpaired) electrons. The van der Waals surface area contributed by atoms with Crippen LogP contribution in [0.3, 0.4) is 0 Å². The molecule has 49 valence electrons. The van der Waals surface area contributed by atoms with E-state index in [-0.39, 0.29) is 6.42 Å². The van der Waals surface area contributed by atoms with Crippen molar-refractivity contribution in [3.63, 3.8) is 0 Å². The van der Waals surface area contributed by atoms with Gasteiger partial charge in [-0.3, -0.25) is 4.57 Å². The molecular formula is C3H8O4P. The summed E-state index contributed by atoms with van der Waals surface area (Å²) in [4.78, 5) is 16.2. The van der Waals surface area contributed by atoms with E-state index in [1.54, 1.807) is 0 Å². The van der Waals surface area contributed by atoms with E-state index in [0.29, 0.717) is 0 Å². The Morgan fingerprint density at radius 3 is 2.00 bits per heavy atom. The maximum Gasteiger partial charge on any atom is 0.360 e. The SMILES string of the molecule is CC[C](O)P(=O)(O)O. The predicted molar refractivity (Wildman–Crippen MR) is 27.5 cm³/mol. The number of hydrogen-bond donors (Lipinski definition) is 3. The number of hydrogen-bond acceptors (Lipinski definition) is 2. The largest absolute Gasteiger partial charge is 0.375 e. The van der Waals surface area contributed by atoms with Gasteiger partial charge in [-0.15, -0.1) is 0 Å². The molecule has 0 fully saturated rings. The summed E-state index contributed by atoms with van der Waals surface area (Å²) < 4.78 is 9.97. The van der Waals surface area contributed by atoms with Gasteiger partial charge in [0.2, 0.25) is 5.85 Å². The van der Waals surface area contributed by atoms with Crippen LogP contribution in [-0.2, 0) is 4.57 Å². The van der Waals surface area contributed by atoms with Crippen molar-refractivity contribution in [3.05, 3.63) is 5.85 Å². The van der Waals surface area contributed by atoms with Crippen molar-refractivity contribution in [2.24, 2.45) is 0 Å². The number of aliphatic hydroxyl groups excluding tert-OH is 1. The first-order valence-electron chi connectivity index (χ1n) is 2.09. The van der Waals surface area contributed by atoms with Crippen LogP contribution in [0.1, 0.15) is 13.3 Å². The predicted octanol–water partition coefficient (Wildman–Crippen LogP) is 0.436. The molecule has 3 N–H and O–H groups in total. The van der Waals surface area contributed by atoms with Gasteiger partial charge in [0.25, 0.3) is 0 Å². The molecule has 0 heterocycles. The average Bonchev–Trinajstić information content (AvgIpc) is 1.62. The first kappa shape index (κ1) is 8.11. The highest BCUT2D eigenvalue weighted by molar-refractivity contribution is 7.54. The lowest BCUT2D eigenvalue weighted by Gasteiger charge is -2.05. The molecule has 0 saturated carbocycles. The quantitative estimate of drug-likeness (QED) is 0.485. The summed E-state index contributed by atoms with van der Waals surface area (Å²) in [6.45, 7) is 1.47. The Bertz CT molecular complexity index is 106. The van der Waals surface area contributed by atoms with Gasteiger partial charge in [-0.1, -0.05) is 6.92 Å². The second-order valence-corrected chi connectivity index (χ2v) is 2.92. The maximum absolute atomic E-state index is 9.97. The van der Waals surface area contributed by atoms with Gasteiger partial charge in [-0.25, -0.2) is 0 Å². The Labute approximate surface area is 47.3 Å². The standard InChI is InChI=1S/C3H8O4P/c1-2-3(4)8(5,6)7/h4H,2H2,1H3,(H2,5,6,7). The molecule has 8 heavy (non-hydrogen) atoms. The van der Waals surface area contributed by atoms with Crippen molar-refractivity contribution in [1.82, 2.24) is 0 Å². The van der Waals surface area contributed by atoms with E-state index >= 15 is 0 Å². The zero-order valence-corrected chi connectivity index (χ0v) is 5.30. The molecule has 0 rings (SSSR count). The highest BCUT2D eigenvalue weighted by atomic mass is 31.2. The minimum atomic E-state index is -4.28. The number of rotatable bonds is 2. The van der Waals surface area contributed by atoms with Gasteiger partial charge in [0.05, 0.1) is 0 Å². The molecule has 4 nitrogen and oxygen atoms in total. The Morgan fingerprint density at radius 2 is 2.00 bits per heavy atom. The minimum absolute atomic E-state index is 0.00424. The molecule has 0 saturated heterocycles. The van der Waals surface area contributed by atoms with Crippen molar-refractivity contribution < 1.29 is 19.5 Å². The summed E-state index contributed by atoms with van der Waals surface area (Å²) in [6.07, 6.45) is 0.00424. The van der Waals surface area contributed by atoms with E-state index in [2.05, 4.69) is 0 Å². The zero-order valence-electron chi connectivity index (χ0n) is 4.40. The molecule has 0 atom stereocenters. The van der Waals surface area contributed by atoms with Crippen molar-refractivity contribution >= 4 is 7.60 Å². The highest BCUT2D eigenvalue weighted by Crippen LogP contribution is 2.46. The molecule has 0 aromatic rings. The second-order valence-electron chi connectivity index (χ2n) is 1.31. The van der Waals surface area contributed by atoms with Crippen molar-refractivity contribution in [3.8, 4) is 0 Å². The van der Waals surface area contributed by atoms with E-state index < -0.39 is 13.4 Å². The topological polar surface area (TPSA) is 77.8 Å². The molecule has 0 aliphatic heterocycles. The van der Waals surface area contributed by atoms with Gasteiger partial charge in [-0.05, 0) is 6.42 Å². The van der Waals surface area contributed by atoms with E-state index in [4.69, 9.17) is 14.9 Å². The van der Waals surface area contributed by atoms with Crippen molar-refractivity contribution in [2.45, 2.75) is 13.3 Å². The van der Waals surface area contributed by atoms with Crippen LogP contribution in [0.15, 0.2) is 0 Å². The van der Waals surface area contributed by atoms with Crippen molar-refractivity contribution in [2.75, 3.05) is 0 Å². The van der Waals surface area contributed by atoms with E-state index in [1.807, 2.05) is 0 Å². The lowest BCUT2D eigenvalue weighted by molar-refractivity contribution is 0.278. The lowest BCUT2D eigenvalue weighted by Crippen LogP contribution is -1.93. The third-order valence-electron chi connectivity index (χ3n) is 0.652. The molecule has 0 unspecified atom stereocenters. The monoisotopic (exact) mass is 139 g/mol. The minimum Gasteiger partial charge on any atom is -0.375 e. The van der Waals surface area contributed by atoms with Gasteiger partial charge in [-0.2, -0.15) is 0 Å². The lowest BCUT2D eigenvalue weighted by atomic mass is 10.5. The van der Waals surface area contributed by atoms with Crippen LogP contribution >= 0.6 is 7.60 Å². The van der Waals surface area contributed by atoms with Crippen LogP contribution in [-0.4, -0.2) is 14.9 Å². The molecule has 0 aliphatic rings. The molecule has 5 heteroatoms. The first-order chi connectivity index (χ1) is 3.48. The Balaban J connectivity index is 3.82. The number of aliphatic hydroxyl groups is 1. The fourth-order valence-electron chi connectivity index (χ4n) is 0.206. The van der Waals surface area contributed by atoms with E-state index in [9.17, 15) is 4.57 Å². The van der Waals surface area contributed by atoms with E-state index in [0.717, 1.165) is 0 Å². The average molecular weight is 139 g/mol. The molecule has 0 bridgehead atoms. The highest BCUT2D eigenvalue weighted by Gasteiger charge is 2.25. The first-order valence-corrected chi connectivity index (χ1v) is 3.70. The van der Waals surface area contributed by atoms with Crippen LogP contribution in [0.25, 0.3) is 0 Å². The summed E-state index contributed by atoms with van der Waals surface area (Å²) in [5.74, 6) is -0.752. The maximum atomic E-state index is 9.97. The summed E-state index contributed by atoms with van der Waals surface area (Å²) in [7, 11) is -4.28.